The van der Waals surface area contributed by atoms with Gasteiger partial charge in [-0.2, -0.15) is 17.0 Å². The predicted molar refractivity (Wildman–Crippen MR) is 114 cm³/mol. The van der Waals surface area contributed by atoms with Gasteiger partial charge < -0.3 is 14.6 Å². The summed E-state index contributed by atoms with van der Waals surface area (Å²) >= 11 is 13.4. The van der Waals surface area contributed by atoms with Crippen molar-refractivity contribution in [1.29, 1.82) is 10.7 Å². The van der Waals surface area contributed by atoms with Crippen LogP contribution in [0.25, 0.3) is 0 Å². The number of nitrogens with zero attached hydrogens (tertiary/aromatic N) is 2. The molecule has 2 aliphatic rings. The van der Waals surface area contributed by atoms with Crippen molar-refractivity contribution >= 4 is 56.6 Å². The molecular formula is C18H16Cl2N3NaO4S2. The van der Waals surface area contributed by atoms with E-state index in [2.05, 4.69) is 0 Å². The Hall–Kier alpha value is -0.700. The van der Waals surface area contributed by atoms with Crippen molar-refractivity contribution in [3.8, 4) is 6.07 Å². The zero-order valence-corrected chi connectivity index (χ0v) is 21.3. The third kappa shape index (κ3) is 4.71. The predicted octanol–water partition coefficient (Wildman–Crippen LogP) is 0.866. The number of halogens is 2. The van der Waals surface area contributed by atoms with E-state index in [1.54, 1.807) is 23.1 Å². The average molecular weight is 496 g/mol. The molecule has 0 unspecified atom stereocenters. The molecule has 12 heteroatoms. The quantitative estimate of drug-likeness (QED) is 0.457. The Morgan fingerprint density at radius 1 is 1.43 bits per heavy atom. The van der Waals surface area contributed by atoms with Crippen molar-refractivity contribution < 1.29 is 47.6 Å². The first-order valence-electron chi connectivity index (χ1n) is 8.42. The van der Waals surface area contributed by atoms with Crippen molar-refractivity contribution in [3.63, 3.8) is 0 Å². The maximum Gasteiger partial charge on any atom is 1.00 e. The number of rotatable bonds is 5. The molecule has 0 saturated carbocycles. The molecule has 1 aromatic rings. The SMILES string of the molecule is C[C@@]12C(=C(C#N)C(=N)N1c1ccc(Cl)c(Cl)c1)C=C(O)C[C@H]2SCCS(=O)(=O)[O-].[Na+]. The Bertz CT molecular complexity index is 1100. The van der Waals surface area contributed by atoms with Crippen molar-refractivity contribution in [2.24, 2.45) is 0 Å². The van der Waals surface area contributed by atoms with E-state index in [1.165, 1.54) is 17.8 Å². The Morgan fingerprint density at radius 3 is 2.67 bits per heavy atom. The van der Waals surface area contributed by atoms with Crippen LogP contribution in [0.15, 0.2) is 41.2 Å². The molecule has 2 N–H and O–H groups in total. The first-order chi connectivity index (χ1) is 13.5. The fourth-order valence-corrected chi connectivity index (χ4v) is 6.27. The third-order valence-corrected chi connectivity index (χ3v) is 8.17. The number of hydrogen-bond donors (Lipinski definition) is 2. The molecule has 1 aromatic carbocycles. The second-order valence-corrected chi connectivity index (χ2v) is 10.4. The van der Waals surface area contributed by atoms with Crippen LogP contribution in [-0.4, -0.2) is 46.2 Å². The molecule has 7 nitrogen and oxygen atoms in total. The van der Waals surface area contributed by atoms with Gasteiger partial charge in [-0.15, -0.1) is 0 Å². The van der Waals surface area contributed by atoms with Gasteiger partial charge in [0.05, 0.1) is 31.5 Å². The van der Waals surface area contributed by atoms with Gasteiger partial charge >= 0.3 is 29.6 Å². The van der Waals surface area contributed by atoms with Crippen LogP contribution < -0.4 is 34.5 Å². The number of nitrogens with one attached hydrogen (secondary N) is 1. The standard InChI is InChI=1S/C18H17Cl2N3O4S2.Na/c1-18-13(7-11(24)8-16(18)28-4-5-29(25,26)27)12(9-21)17(22)23(18)10-2-3-14(19)15(20)6-10;/h2-3,6-7,16,22,24H,4-5,8H2,1H3,(H,25,26,27);/q;+1/p-1/t16-,18+;/m1./s1. The summed E-state index contributed by atoms with van der Waals surface area (Å²) in [5, 5.41) is 28.7. The Labute approximate surface area is 211 Å². The largest absolute Gasteiger partial charge is 1.00 e. The molecule has 30 heavy (non-hydrogen) atoms. The first-order valence-corrected chi connectivity index (χ1v) is 11.8. The topological polar surface area (TPSA) is 128 Å². The van der Waals surface area contributed by atoms with Gasteiger partial charge in [0.2, 0.25) is 0 Å². The number of aliphatic hydroxyl groups excluding tert-OH is 1. The summed E-state index contributed by atoms with van der Waals surface area (Å²) in [5.74, 6) is -0.562. The first kappa shape index (κ1) is 25.6. The Morgan fingerprint density at radius 2 is 2.10 bits per heavy atom. The van der Waals surface area contributed by atoms with E-state index in [0.717, 1.165) is 0 Å². The smallest absolute Gasteiger partial charge is 0.748 e. The van der Waals surface area contributed by atoms with E-state index in [9.17, 15) is 23.3 Å². The van der Waals surface area contributed by atoms with Gasteiger partial charge in [-0.25, -0.2) is 8.42 Å². The Kier molecular flexibility index (Phi) is 8.03. The molecule has 154 valence electrons. The molecule has 0 bridgehead atoms. The van der Waals surface area contributed by atoms with Crippen LogP contribution in [0, 0.1) is 16.7 Å². The number of aliphatic hydroxyl groups is 1. The third-order valence-electron chi connectivity index (χ3n) is 5.00. The average Bonchev–Trinajstić information content (AvgIpc) is 2.83. The summed E-state index contributed by atoms with van der Waals surface area (Å²) in [6, 6.07) is 6.88. The number of allylic oxidation sites excluding steroid dienone is 1. The minimum atomic E-state index is -4.38. The van der Waals surface area contributed by atoms with Crippen molar-refractivity contribution in [1.82, 2.24) is 0 Å². The van der Waals surface area contributed by atoms with Crippen LogP contribution in [0.3, 0.4) is 0 Å². The second-order valence-electron chi connectivity index (χ2n) is 6.79. The van der Waals surface area contributed by atoms with Crippen molar-refractivity contribution in [2.75, 3.05) is 16.4 Å². The molecule has 2 atom stereocenters. The Balaban J connectivity index is 0.00000320. The summed E-state index contributed by atoms with van der Waals surface area (Å²) in [5.41, 5.74) is 0.156. The number of thioether (sulfide) groups is 1. The van der Waals surface area contributed by atoms with Crippen LogP contribution in [0.5, 0.6) is 0 Å². The number of hydrogen-bond acceptors (Lipinski definition) is 7. The van der Waals surface area contributed by atoms with Crippen molar-refractivity contribution in [2.45, 2.75) is 24.1 Å². The van der Waals surface area contributed by atoms with Gasteiger partial charge in [0.25, 0.3) is 0 Å². The summed E-state index contributed by atoms with van der Waals surface area (Å²) in [6.45, 7) is 1.82. The van der Waals surface area contributed by atoms with Crippen LogP contribution in [0.1, 0.15) is 13.3 Å². The molecule has 0 spiro atoms. The van der Waals surface area contributed by atoms with Gasteiger partial charge in [0.15, 0.2) is 0 Å². The van der Waals surface area contributed by atoms with Crippen LogP contribution in [0.4, 0.5) is 5.69 Å². The summed E-state index contributed by atoms with van der Waals surface area (Å²) in [4.78, 5) is 1.63. The molecule has 0 aromatic heterocycles. The van der Waals surface area contributed by atoms with Crippen LogP contribution >= 0.6 is 35.0 Å². The second kappa shape index (κ2) is 9.43. The summed E-state index contributed by atoms with van der Waals surface area (Å²) in [6.07, 6.45) is 1.67. The van der Waals surface area contributed by atoms with E-state index < -0.39 is 26.7 Å². The summed E-state index contributed by atoms with van der Waals surface area (Å²) in [7, 11) is -4.38. The molecule has 0 amide bonds. The van der Waals surface area contributed by atoms with Crippen molar-refractivity contribution in [3.05, 3.63) is 51.2 Å². The van der Waals surface area contributed by atoms with E-state index in [4.69, 9.17) is 28.6 Å². The minimum Gasteiger partial charge on any atom is -0.748 e. The van der Waals surface area contributed by atoms with Gasteiger partial charge in [-0.05, 0) is 31.2 Å². The number of fused-ring (bicyclic) bond motifs is 1. The monoisotopic (exact) mass is 495 g/mol. The molecule has 3 rings (SSSR count). The maximum absolute atomic E-state index is 11.0. The molecule has 1 aliphatic carbocycles. The summed E-state index contributed by atoms with van der Waals surface area (Å²) < 4.78 is 33.0. The molecule has 0 saturated heterocycles. The number of benzene rings is 1. The van der Waals surface area contributed by atoms with E-state index >= 15 is 0 Å². The zero-order chi connectivity index (χ0) is 21.6. The van der Waals surface area contributed by atoms with Crippen LogP contribution in [0.2, 0.25) is 10.0 Å². The molecule has 0 radical (unpaired) electrons. The fourth-order valence-electron chi connectivity index (χ4n) is 3.64. The normalized spacial score (nSPS) is 23.6. The number of amidine groups is 1. The van der Waals surface area contributed by atoms with Gasteiger partial charge in [0, 0.05) is 34.4 Å². The maximum atomic E-state index is 11.0. The number of anilines is 1. The van der Waals surface area contributed by atoms with Gasteiger partial charge in [-0.3, -0.25) is 5.41 Å². The van der Waals surface area contributed by atoms with E-state index in [1.807, 2.05) is 13.0 Å². The number of nitriles is 1. The molecule has 1 aliphatic heterocycles. The van der Waals surface area contributed by atoms with Crippen LogP contribution in [-0.2, 0) is 10.1 Å². The van der Waals surface area contributed by atoms with Gasteiger partial charge in [-0.1, -0.05) is 23.2 Å². The molecule has 0 fully saturated rings. The zero-order valence-electron chi connectivity index (χ0n) is 16.1. The van der Waals surface area contributed by atoms with E-state index in [-0.39, 0.29) is 63.9 Å². The molecule has 1 heterocycles. The molecular weight excluding hydrogens is 480 g/mol. The fraction of sp³-hybridized carbons (Fsp3) is 0.333. The van der Waals surface area contributed by atoms with Gasteiger partial charge in [0.1, 0.15) is 17.5 Å². The van der Waals surface area contributed by atoms with E-state index in [0.29, 0.717) is 16.3 Å². The minimum absolute atomic E-state index is 0.